The Kier molecular flexibility index (Phi) is 22.2. The molecule has 0 aromatic carbocycles. The van der Waals surface area contributed by atoms with E-state index in [1.165, 1.54) is 0 Å². The van der Waals surface area contributed by atoms with Gasteiger partial charge in [-0.3, -0.25) is 0 Å². The van der Waals surface area contributed by atoms with Crippen molar-refractivity contribution in [2.24, 2.45) is 0 Å². The molecule has 7 aliphatic rings. The molecule has 0 radical (unpaired) electrons. The van der Waals surface area contributed by atoms with Crippen LogP contribution in [0.1, 0.15) is 6.42 Å². The van der Waals surface area contributed by atoms with Crippen molar-refractivity contribution in [1.82, 2.24) is 0 Å². The van der Waals surface area contributed by atoms with Crippen LogP contribution in [0.4, 0.5) is 0 Å². The molecule has 0 bridgehead atoms. The molecule has 0 aliphatic carbocycles. The minimum Gasteiger partial charge on any atom is -0.394 e. The van der Waals surface area contributed by atoms with E-state index < -0.39 is 249 Å². The van der Waals surface area contributed by atoms with E-state index in [4.69, 9.17) is 61.6 Å². The molecule has 7 saturated heterocycles. The normalized spacial score (nSPS) is 52.6. The highest BCUT2D eigenvalue weighted by molar-refractivity contribution is 5.00. The second-order valence-electron chi connectivity index (χ2n) is 19.4. The fraction of sp³-hybridized carbons (Fsp3) is 1.00. The molecule has 33 unspecified atom stereocenters. The predicted octanol–water partition coefficient (Wildman–Crippen LogP) is -14.6. The lowest BCUT2D eigenvalue weighted by atomic mass is 9.95. The van der Waals surface area contributed by atoms with Gasteiger partial charge in [-0.05, 0) is 0 Å². The summed E-state index contributed by atoms with van der Waals surface area (Å²) in [5.74, 6) is 0. The van der Waals surface area contributed by atoms with Gasteiger partial charge in [-0.15, -0.1) is 0 Å². The minimum atomic E-state index is -2.20. The fourth-order valence-electron chi connectivity index (χ4n) is 9.94. The van der Waals surface area contributed by atoms with E-state index in [9.17, 15) is 107 Å². The smallest absolute Gasteiger partial charge is 0.187 e. The molecule has 33 atom stereocenters. The van der Waals surface area contributed by atoms with Crippen LogP contribution in [0.3, 0.4) is 0 Å². The minimum absolute atomic E-state index is 0.0484. The maximum absolute atomic E-state index is 11.3. The SMILES string of the molecule is OCC1OCC(O)CC1OC1OC(CO)C(OC2OC(CO)C(OC3OC(CO)C(OC4OC(CO)C(OC5OC(CO)C(OC6OC(CO)C(O)C(O)C6O)C(O)C5O)C(O)C4O)C(O)C3O)C(O)C2O)C(O)C1O. The molecule has 0 aromatic rings. The molecule has 7 aliphatic heterocycles. The van der Waals surface area contributed by atoms with Crippen molar-refractivity contribution in [1.29, 1.82) is 0 Å². The summed E-state index contributed by atoms with van der Waals surface area (Å²) in [5, 5.41) is 223. The third kappa shape index (κ3) is 13.0. The van der Waals surface area contributed by atoms with Crippen molar-refractivity contribution in [2.45, 2.75) is 209 Å². The van der Waals surface area contributed by atoms with Crippen LogP contribution in [-0.4, -0.2) is 363 Å². The third-order valence-corrected chi connectivity index (χ3v) is 14.3. The Balaban J connectivity index is 0.945. The Morgan fingerprint density at radius 1 is 0.263 bits per heavy atom. The number of hydrogen-bond donors (Lipinski definition) is 21. The Hall–Kier alpha value is -1.36. The topological polar surface area (TPSA) is 545 Å². The van der Waals surface area contributed by atoms with Crippen molar-refractivity contribution in [3.05, 3.63) is 0 Å². The molecule has 21 N–H and O–H groups in total. The molecule has 0 aromatic heterocycles. The Labute approximate surface area is 430 Å². The van der Waals surface area contributed by atoms with Gasteiger partial charge in [0.15, 0.2) is 37.7 Å². The summed E-state index contributed by atoms with van der Waals surface area (Å²) >= 11 is 0. The van der Waals surface area contributed by atoms with Gasteiger partial charge in [-0.1, -0.05) is 0 Å². The zero-order chi connectivity index (χ0) is 55.6. The third-order valence-electron chi connectivity index (χ3n) is 14.3. The van der Waals surface area contributed by atoms with Crippen LogP contribution >= 0.6 is 0 Å². The van der Waals surface area contributed by atoms with Gasteiger partial charge in [0.05, 0.1) is 65.1 Å². The Morgan fingerprint density at radius 2 is 0.500 bits per heavy atom. The first-order valence-electron chi connectivity index (χ1n) is 24.4. The molecular weight excluding hydrogens is 1050 g/mol. The molecule has 0 amide bonds. The van der Waals surface area contributed by atoms with E-state index in [0.29, 0.717) is 0 Å². The van der Waals surface area contributed by atoms with Gasteiger partial charge >= 0.3 is 0 Å². The lowest BCUT2D eigenvalue weighted by Gasteiger charge is -2.50. The molecule has 0 saturated carbocycles. The quantitative estimate of drug-likeness (QED) is 0.0571. The van der Waals surface area contributed by atoms with E-state index in [2.05, 4.69) is 0 Å². The second kappa shape index (κ2) is 27.1. The van der Waals surface area contributed by atoms with Crippen LogP contribution in [0.15, 0.2) is 0 Å². The predicted molar refractivity (Wildman–Crippen MR) is 229 cm³/mol. The Morgan fingerprint density at radius 3 is 0.763 bits per heavy atom. The maximum atomic E-state index is 11.3. The average Bonchev–Trinajstić information content (AvgIpc) is 3.43. The number of aliphatic hydroxyl groups excluding tert-OH is 21. The highest BCUT2D eigenvalue weighted by atomic mass is 16.8. The van der Waals surface area contributed by atoms with Crippen LogP contribution < -0.4 is 0 Å². The van der Waals surface area contributed by atoms with Crippen LogP contribution in [0.2, 0.25) is 0 Å². The van der Waals surface area contributed by atoms with Crippen LogP contribution in [0.25, 0.3) is 0 Å². The number of rotatable bonds is 19. The molecule has 76 heavy (non-hydrogen) atoms. The molecule has 34 nitrogen and oxygen atoms in total. The fourth-order valence-corrected chi connectivity index (χ4v) is 9.94. The zero-order valence-corrected chi connectivity index (χ0v) is 40.1. The largest absolute Gasteiger partial charge is 0.394 e. The van der Waals surface area contributed by atoms with Crippen molar-refractivity contribution >= 4 is 0 Å². The van der Waals surface area contributed by atoms with Crippen molar-refractivity contribution in [2.75, 3.05) is 52.9 Å². The summed E-state index contributed by atoms with van der Waals surface area (Å²) in [5.41, 5.74) is 0. The van der Waals surface area contributed by atoms with Gasteiger partial charge in [-0.2, -0.15) is 0 Å². The van der Waals surface area contributed by atoms with Gasteiger partial charge in [0.2, 0.25) is 0 Å². The lowest BCUT2D eigenvalue weighted by Crippen LogP contribution is -2.68. The first-order valence-corrected chi connectivity index (χ1v) is 24.4. The van der Waals surface area contributed by atoms with Crippen molar-refractivity contribution in [3.63, 3.8) is 0 Å². The molecule has 7 rings (SSSR count). The first kappa shape index (κ1) is 62.2. The molecule has 444 valence electrons. The van der Waals surface area contributed by atoms with E-state index in [-0.39, 0.29) is 13.0 Å². The van der Waals surface area contributed by atoms with E-state index >= 15 is 0 Å². The average molecular weight is 1120 g/mol. The summed E-state index contributed by atoms with van der Waals surface area (Å²) in [6.07, 6.45) is -59.9. The lowest BCUT2D eigenvalue weighted by molar-refractivity contribution is -0.396. The molecular formula is C42H72O34. The molecule has 34 heteroatoms. The van der Waals surface area contributed by atoms with Gasteiger partial charge in [0.25, 0.3) is 0 Å². The monoisotopic (exact) mass is 1120 g/mol. The van der Waals surface area contributed by atoms with Gasteiger partial charge in [0, 0.05) is 6.42 Å². The van der Waals surface area contributed by atoms with Crippen LogP contribution in [0.5, 0.6) is 0 Å². The van der Waals surface area contributed by atoms with E-state index in [0.717, 1.165) is 0 Å². The first-order chi connectivity index (χ1) is 36.2. The van der Waals surface area contributed by atoms with Crippen molar-refractivity contribution in [3.8, 4) is 0 Å². The molecule has 7 fully saturated rings. The summed E-state index contributed by atoms with van der Waals surface area (Å²) in [7, 11) is 0. The van der Waals surface area contributed by atoms with Crippen molar-refractivity contribution < 1.29 is 169 Å². The maximum Gasteiger partial charge on any atom is 0.187 e. The molecule has 7 heterocycles. The van der Waals surface area contributed by atoms with Gasteiger partial charge in [-0.25, -0.2) is 0 Å². The number of ether oxygens (including phenoxy) is 13. The van der Waals surface area contributed by atoms with Gasteiger partial charge < -0.3 is 169 Å². The Bertz CT molecular complexity index is 1740. The zero-order valence-electron chi connectivity index (χ0n) is 40.1. The van der Waals surface area contributed by atoms with Crippen LogP contribution in [0, 0.1) is 0 Å². The highest BCUT2D eigenvalue weighted by Crippen LogP contribution is 2.37. The summed E-state index contributed by atoms with van der Waals surface area (Å²) in [6, 6.07) is 0. The standard InChI is InChI=1S/C42H72O34/c43-2-12-11(1-10(50)9-64-12)65-37-27(59)21(53)32(14(4-45)67-37)73-39-29(61)23(55)34(16(6-47)69-39)75-41-31(63)25(57)36(18(8-49)71-41)76-42-30(62)24(56)35(17(7-48)70-42)74-40-28(60)22(54)33(15(5-46)68-40)72-38-26(58)20(52)19(51)13(3-44)66-38/h10-63H,1-9H2. The van der Waals surface area contributed by atoms with E-state index in [1.54, 1.807) is 0 Å². The summed E-state index contributed by atoms with van der Waals surface area (Å²) in [4.78, 5) is 0. The number of aliphatic hydroxyl groups is 21. The summed E-state index contributed by atoms with van der Waals surface area (Å²) < 4.78 is 72.7. The van der Waals surface area contributed by atoms with E-state index in [1.807, 2.05) is 0 Å². The highest BCUT2D eigenvalue weighted by Gasteiger charge is 2.58. The second-order valence-corrected chi connectivity index (χ2v) is 19.4. The molecule has 0 spiro atoms. The number of hydrogen-bond acceptors (Lipinski definition) is 34. The van der Waals surface area contributed by atoms with Gasteiger partial charge in [0.1, 0.15) is 153 Å². The summed E-state index contributed by atoms with van der Waals surface area (Å²) in [6.45, 7) is -6.41. The van der Waals surface area contributed by atoms with Crippen LogP contribution in [-0.2, 0) is 61.6 Å².